The van der Waals surface area contributed by atoms with Crippen LogP contribution in [0.3, 0.4) is 0 Å². The van der Waals surface area contributed by atoms with Crippen molar-refractivity contribution in [2.75, 3.05) is 19.8 Å². The Morgan fingerprint density at radius 2 is 2.27 bits per heavy atom. The van der Waals surface area contributed by atoms with Crippen LogP contribution in [-0.2, 0) is 14.3 Å². The predicted octanol–water partition coefficient (Wildman–Crippen LogP) is 0.231. The molecule has 1 saturated heterocycles. The van der Waals surface area contributed by atoms with Gasteiger partial charge >= 0.3 is 5.97 Å². The second-order valence-electron chi connectivity index (χ2n) is 3.53. The van der Waals surface area contributed by atoms with Crippen LogP contribution in [-0.4, -0.2) is 37.0 Å². The van der Waals surface area contributed by atoms with Crippen molar-refractivity contribution in [3.05, 3.63) is 0 Å². The fourth-order valence-corrected chi connectivity index (χ4v) is 1.63. The number of aliphatic hydroxyl groups is 1. The fraction of sp³-hybridized carbons (Fsp3) is 0.800. The molecular formula is C10H15NO4. The van der Waals surface area contributed by atoms with Gasteiger partial charge in [-0.3, -0.25) is 0 Å². The van der Waals surface area contributed by atoms with Crippen LogP contribution in [0.5, 0.6) is 0 Å². The Bertz CT molecular complexity index is 265. The largest absolute Gasteiger partial charge is 0.464 e. The molecule has 1 aliphatic rings. The smallest absolute Gasteiger partial charge is 0.336 e. The van der Waals surface area contributed by atoms with E-state index >= 15 is 0 Å². The third-order valence-corrected chi connectivity index (χ3v) is 2.64. The third-order valence-electron chi connectivity index (χ3n) is 2.64. The van der Waals surface area contributed by atoms with Gasteiger partial charge in [0.2, 0.25) is 0 Å². The maximum Gasteiger partial charge on any atom is 0.336 e. The Kier molecular flexibility index (Phi) is 4.06. The second kappa shape index (κ2) is 5.10. The molecule has 1 atom stereocenters. The number of aliphatic hydroxyl groups excluding tert-OH is 1. The number of rotatable bonds is 3. The van der Waals surface area contributed by atoms with Gasteiger partial charge in [0.25, 0.3) is 0 Å². The lowest BCUT2D eigenvalue weighted by atomic mass is 9.76. The maximum absolute atomic E-state index is 11.3. The molecule has 5 nitrogen and oxygen atoms in total. The highest BCUT2D eigenvalue weighted by Gasteiger charge is 2.44. The van der Waals surface area contributed by atoms with E-state index in [0.717, 1.165) is 0 Å². The van der Waals surface area contributed by atoms with Gasteiger partial charge in [-0.2, -0.15) is 5.26 Å². The molecule has 84 valence electrons. The van der Waals surface area contributed by atoms with Gasteiger partial charge in [-0.1, -0.05) is 0 Å². The summed E-state index contributed by atoms with van der Waals surface area (Å²) >= 11 is 0. The molecule has 0 aromatic heterocycles. The van der Waals surface area contributed by atoms with E-state index in [1.807, 2.05) is 6.07 Å². The molecule has 0 aromatic rings. The van der Waals surface area contributed by atoms with Crippen molar-refractivity contribution in [2.45, 2.75) is 25.9 Å². The van der Waals surface area contributed by atoms with Crippen LogP contribution in [0.1, 0.15) is 19.8 Å². The van der Waals surface area contributed by atoms with Crippen LogP contribution in [0.15, 0.2) is 0 Å². The fourth-order valence-electron chi connectivity index (χ4n) is 1.63. The topological polar surface area (TPSA) is 79.5 Å². The first-order valence-corrected chi connectivity index (χ1v) is 5.00. The molecule has 1 N–H and O–H groups in total. The molecule has 1 heterocycles. The summed E-state index contributed by atoms with van der Waals surface area (Å²) in [6.07, 6.45) is -0.640. The van der Waals surface area contributed by atoms with E-state index in [2.05, 4.69) is 0 Å². The van der Waals surface area contributed by atoms with Gasteiger partial charge in [-0.05, 0) is 19.8 Å². The van der Waals surface area contributed by atoms with E-state index in [1.165, 1.54) is 0 Å². The molecule has 0 radical (unpaired) electrons. The Hall–Kier alpha value is -1.12. The van der Waals surface area contributed by atoms with E-state index in [9.17, 15) is 9.90 Å². The summed E-state index contributed by atoms with van der Waals surface area (Å²) in [5.74, 6) is -0.721. The van der Waals surface area contributed by atoms with Gasteiger partial charge in [0.15, 0.2) is 6.10 Å². The molecule has 1 aliphatic heterocycles. The van der Waals surface area contributed by atoms with Crippen LogP contribution in [0, 0.1) is 16.7 Å². The lowest BCUT2D eigenvalue weighted by Gasteiger charge is -2.33. The van der Waals surface area contributed by atoms with Gasteiger partial charge in [-0.25, -0.2) is 4.79 Å². The van der Waals surface area contributed by atoms with Gasteiger partial charge < -0.3 is 14.6 Å². The molecule has 0 aliphatic carbocycles. The summed E-state index contributed by atoms with van der Waals surface area (Å²) in [4.78, 5) is 11.3. The molecule has 5 heteroatoms. The molecular weight excluding hydrogens is 198 g/mol. The van der Waals surface area contributed by atoms with Crippen LogP contribution in [0.4, 0.5) is 0 Å². The lowest BCUT2D eigenvalue weighted by molar-refractivity contribution is -0.161. The third kappa shape index (κ3) is 2.46. The number of hydrogen-bond acceptors (Lipinski definition) is 5. The number of carbonyl (C=O) groups excluding carboxylic acids is 1. The summed E-state index contributed by atoms with van der Waals surface area (Å²) in [5, 5.41) is 18.8. The van der Waals surface area contributed by atoms with E-state index in [1.54, 1.807) is 6.92 Å². The average molecular weight is 213 g/mol. The lowest BCUT2D eigenvalue weighted by Crippen LogP contribution is -2.44. The van der Waals surface area contributed by atoms with Crippen molar-refractivity contribution in [1.29, 1.82) is 5.26 Å². The minimum absolute atomic E-state index is 0.202. The first-order valence-electron chi connectivity index (χ1n) is 5.00. The van der Waals surface area contributed by atoms with E-state index < -0.39 is 17.5 Å². The zero-order valence-corrected chi connectivity index (χ0v) is 8.73. The second-order valence-corrected chi connectivity index (χ2v) is 3.53. The van der Waals surface area contributed by atoms with Crippen molar-refractivity contribution in [1.82, 2.24) is 0 Å². The molecule has 1 fully saturated rings. The SMILES string of the molecule is CCOC(=O)C(O)C1(C#N)CCOCC1. The van der Waals surface area contributed by atoms with Crippen LogP contribution < -0.4 is 0 Å². The van der Waals surface area contributed by atoms with Crippen LogP contribution in [0.25, 0.3) is 0 Å². The predicted molar refractivity (Wildman–Crippen MR) is 50.7 cm³/mol. The van der Waals surface area contributed by atoms with Crippen molar-refractivity contribution < 1.29 is 19.4 Å². The summed E-state index contributed by atoms with van der Waals surface area (Å²) in [5.41, 5.74) is -1.04. The average Bonchev–Trinajstić information content (AvgIpc) is 2.29. The van der Waals surface area contributed by atoms with E-state index in [-0.39, 0.29) is 6.61 Å². The zero-order chi connectivity index (χ0) is 11.3. The quantitative estimate of drug-likeness (QED) is 0.679. The Labute approximate surface area is 88.6 Å². The Morgan fingerprint density at radius 1 is 1.67 bits per heavy atom. The highest BCUT2D eigenvalue weighted by Crippen LogP contribution is 2.34. The number of ether oxygens (including phenoxy) is 2. The highest BCUT2D eigenvalue weighted by molar-refractivity contribution is 5.76. The number of hydrogen-bond donors (Lipinski definition) is 1. The number of nitriles is 1. The molecule has 1 unspecified atom stereocenters. The summed E-state index contributed by atoms with van der Waals surface area (Å²) < 4.78 is 9.81. The summed E-state index contributed by atoms with van der Waals surface area (Å²) in [6.45, 7) is 2.65. The Balaban J connectivity index is 2.72. The van der Waals surface area contributed by atoms with E-state index in [0.29, 0.717) is 26.1 Å². The first-order chi connectivity index (χ1) is 7.16. The van der Waals surface area contributed by atoms with Gasteiger partial charge in [0, 0.05) is 13.2 Å². The number of carbonyl (C=O) groups is 1. The normalized spacial score (nSPS) is 21.4. The first kappa shape index (κ1) is 12.0. The van der Waals surface area contributed by atoms with Crippen LogP contribution >= 0.6 is 0 Å². The standard InChI is InChI=1S/C10H15NO4/c1-2-15-9(13)8(12)10(7-11)3-5-14-6-4-10/h8,12H,2-6H2,1H3. The minimum Gasteiger partial charge on any atom is -0.464 e. The van der Waals surface area contributed by atoms with E-state index in [4.69, 9.17) is 14.7 Å². The van der Waals surface area contributed by atoms with Crippen LogP contribution in [0.2, 0.25) is 0 Å². The van der Waals surface area contributed by atoms with Gasteiger partial charge in [0.1, 0.15) is 0 Å². The van der Waals surface area contributed by atoms with Crippen molar-refractivity contribution in [3.63, 3.8) is 0 Å². The zero-order valence-electron chi connectivity index (χ0n) is 8.73. The van der Waals surface area contributed by atoms with Crippen molar-refractivity contribution in [2.24, 2.45) is 5.41 Å². The minimum atomic E-state index is -1.37. The van der Waals surface area contributed by atoms with Gasteiger partial charge in [0.05, 0.1) is 18.1 Å². The molecule has 0 spiro atoms. The summed E-state index contributed by atoms with van der Waals surface area (Å²) in [7, 11) is 0. The monoisotopic (exact) mass is 213 g/mol. The molecule has 15 heavy (non-hydrogen) atoms. The molecule has 1 rings (SSSR count). The van der Waals surface area contributed by atoms with Gasteiger partial charge in [-0.15, -0.1) is 0 Å². The number of nitrogens with zero attached hydrogens (tertiary/aromatic N) is 1. The Morgan fingerprint density at radius 3 is 2.73 bits per heavy atom. The summed E-state index contributed by atoms with van der Waals surface area (Å²) in [6, 6.07) is 2.03. The maximum atomic E-state index is 11.3. The molecule has 0 saturated carbocycles. The highest BCUT2D eigenvalue weighted by atomic mass is 16.5. The van der Waals surface area contributed by atoms with Crippen molar-refractivity contribution >= 4 is 5.97 Å². The number of esters is 1. The molecule has 0 bridgehead atoms. The molecule has 0 aromatic carbocycles. The van der Waals surface area contributed by atoms with Crippen molar-refractivity contribution in [3.8, 4) is 6.07 Å². The molecule has 0 amide bonds.